The van der Waals surface area contributed by atoms with Crippen molar-refractivity contribution in [1.82, 2.24) is 0 Å². The second-order valence-electron chi connectivity index (χ2n) is 7.34. The van der Waals surface area contributed by atoms with Crippen molar-refractivity contribution < 1.29 is 38.6 Å². The van der Waals surface area contributed by atoms with Crippen LogP contribution in [0, 0.1) is 0 Å². The highest BCUT2D eigenvalue weighted by atomic mass is 32.3. The fraction of sp³-hybridized carbons (Fsp3) is 0.0833. The summed E-state index contributed by atoms with van der Waals surface area (Å²) in [6, 6.07) is 24.5. The molecule has 0 aliphatic carbocycles. The molecule has 0 bridgehead atoms. The molecule has 4 aromatic rings. The molecule has 0 saturated heterocycles. The highest BCUT2D eigenvalue weighted by Crippen LogP contribution is 2.32. The van der Waals surface area contributed by atoms with Crippen molar-refractivity contribution in [1.29, 1.82) is 0 Å². The predicted molar refractivity (Wildman–Crippen MR) is 127 cm³/mol. The van der Waals surface area contributed by atoms with E-state index < -0.39 is 26.9 Å². The van der Waals surface area contributed by atoms with E-state index in [4.69, 9.17) is 13.7 Å². The molecule has 0 spiro atoms. The maximum atomic E-state index is 12.8. The van der Waals surface area contributed by atoms with Gasteiger partial charge in [0.05, 0.1) is 6.26 Å². The molecular weight excluding hydrogens is 499 g/mol. The Morgan fingerprint density at radius 2 is 1.11 bits per heavy atom. The molecule has 0 fully saturated rings. The molecule has 4 aromatic carbocycles. The first-order valence-electron chi connectivity index (χ1n) is 10.1. The molecule has 35 heavy (non-hydrogen) atoms. The van der Waals surface area contributed by atoms with Crippen LogP contribution in [-0.4, -0.2) is 23.1 Å². The minimum Gasteiger partial charge on any atom is -0.451 e. The predicted octanol–water partition coefficient (Wildman–Crippen LogP) is 4.93. The van der Waals surface area contributed by atoms with Gasteiger partial charge in [-0.05, 0) is 59.3 Å². The molecule has 0 aromatic heterocycles. The van der Waals surface area contributed by atoms with Gasteiger partial charge in [-0.1, -0.05) is 46.4 Å². The molecular formula is C24H19FO8S2. The Bertz CT molecular complexity index is 1450. The lowest BCUT2D eigenvalue weighted by Crippen LogP contribution is -2.15. The summed E-state index contributed by atoms with van der Waals surface area (Å²) in [6.45, 7) is 0. The highest BCUT2D eigenvalue weighted by molar-refractivity contribution is 7.86. The van der Waals surface area contributed by atoms with Gasteiger partial charge in [0.1, 0.15) is 23.0 Å². The van der Waals surface area contributed by atoms with Crippen molar-refractivity contribution in [2.45, 2.75) is 6.29 Å². The number of rotatable bonds is 9. The van der Waals surface area contributed by atoms with Gasteiger partial charge < -0.3 is 17.8 Å². The number of hydrogen-bond donors (Lipinski definition) is 0. The van der Waals surface area contributed by atoms with E-state index in [2.05, 4.69) is 4.18 Å². The van der Waals surface area contributed by atoms with Crippen LogP contribution in [0.15, 0.2) is 91.0 Å². The lowest BCUT2D eigenvalue weighted by Gasteiger charge is -2.22. The SMILES string of the molecule is CS(=O)(=O)Oc1ccc(OC(Oc2ccc(OS(=O)(=O)F)cc2)c2cccc3ccccc23)cc1. The number of ether oxygens (including phenoxy) is 2. The van der Waals surface area contributed by atoms with E-state index in [1.54, 1.807) is 0 Å². The van der Waals surface area contributed by atoms with Crippen LogP contribution in [0.2, 0.25) is 0 Å². The fourth-order valence-electron chi connectivity index (χ4n) is 3.29. The number of benzene rings is 4. The topological polar surface area (TPSA) is 105 Å². The average molecular weight is 519 g/mol. The Hall–Kier alpha value is -3.83. The molecule has 0 aliphatic heterocycles. The third-order valence-electron chi connectivity index (χ3n) is 4.65. The van der Waals surface area contributed by atoms with Crippen LogP contribution in [0.25, 0.3) is 10.8 Å². The molecule has 0 N–H and O–H groups in total. The van der Waals surface area contributed by atoms with Gasteiger partial charge in [0.2, 0.25) is 0 Å². The lowest BCUT2D eigenvalue weighted by atomic mass is 10.0. The van der Waals surface area contributed by atoms with Crippen LogP contribution < -0.4 is 17.8 Å². The van der Waals surface area contributed by atoms with Gasteiger partial charge in [-0.2, -0.15) is 16.8 Å². The van der Waals surface area contributed by atoms with Gasteiger partial charge in [-0.3, -0.25) is 0 Å². The molecule has 11 heteroatoms. The normalized spacial score (nSPS) is 12.6. The smallest absolute Gasteiger partial charge is 0.451 e. The highest BCUT2D eigenvalue weighted by Gasteiger charge is 2.19. The van der Waals surface area contributed by atoms with Crippen LogP contribution in [0.3, 0.4) is 0 Å². The van der Waals surface area contributed by atoms with Crippen LogP contribution in [0.4, 0.5) is 3.89 Å². The van der Waals surface area contributed by atoms with Gasteiger partial charge in [0, 0.05) is 5.56 Å². The zero-order valence-corrected chi connectivity index (χ0v) is 19.8. The summed E-state index contributed by atoms with van der Waals surface area (Å²) in [5.41, 5.74) is 0.700. The Labute approximate surface area is 202 Å². The maximum absolute atomic E-state index is 12.8. The summed E-state index contributed by atoms with van der Waals surface area (Å²) in [5, 5.41) is 1.83. The Balaban J connectivity index is 1.65. The minimum absolute atomic E-state index is 0.126. The third kappa shape index (κ3) is 6.84. The third-order valence-corrected chi connectivity index (χ3v) is 5.54. The van der Waals surface area contributed by atoms with Gasteiger partial charge >= 0.3 is 20.6 Å². The zero-order valence-electron chi connectivity index (χ0n) is 18.2. The van der Waals surface area contributed by atoms with Crippen molar-refractivity contribution >= 4 is 31.4 Å². The van der Waals surface area contributed by atoms with Crippen LogP contribution in [0.1, 0.15) is 11.9 Å². The van der Waals surface area contributed by atoms with Gasteiger partial charge in [0.15, 0.2) is 0 Å². The van der Waals surface area contributed by atoms with Crippen molar-refractivity contribution in [2.24, 2.45) is 0 Å². The summed E-state index contributed by atoms with van der Waals surface area (Å²) in [6.07, 6.45) is -0.0133. The monoisotopic (exact) mass is 518 g/mol. The van der Waals surface area contributed by atoms with E-state index in [-0.39, 0.29) is 11.5 Å². The van der Waals surface area contributed by atoms with E-state index in [0.717, 1.165) is 17.0 Å². The zero-order chi connectivity index (χ0) is 25.1. The van der Waals surface area contributed by atoms with E-state index >= 15 is 0 Å². The standard InChI is InChI=1S/C24H19FO8S2/c1-34(26,27)32-20-13-9-18(10-14-20)30-24(23-8-4-6-17-5-2-3-7-22(17)23)31-19-11-15-21(16-12-19)33-35(25,28)29/h2-16,24H,1H3. The molecule has 0 aliphatic rings. The van der Waals surface area contributed by atoms with Crippen molar-refractivity contribution in [2.75, 3.05) is 6.26 Å². The molecule has 182 valence electrons. The van der Waals surface area contributed by atoms with Crippen molar-refractivity contribution in [3.05, 3.63) is 96.6 Å². The van der Waals surface area contributed by atoms with Gasteiger partial charge in [-0.15, -0.1) is 0 Å². The molecule has 8 nitrogen and oxygen atoms in total. The van der Waals surface area contributed by atoms with Crippen molar-refractivity contribution in [3.63, 3.8) is 0 Å². The maximum Gasteiger partial charge on any atom is 0.488 e. The summed E-state index contributed by atoms with van der Waals surface area (Å²) >= 11 is 0. The number of hydrogen-bond acceptors (Lipinski definition) is 8. The van der Waals surface area contributed by atoms with Crippen LogP contribution in [0.5, 0.6) is 23.0 Å². The van der Waals surface area contributed by atoms with E-state index in [9.17, 15) is 20.7 Å². The molecule has 1 atom stereocenters. The fourth-order valence-corrected chi connectivity index (χ4v) is 4.09. The number of fused-ring (bicyclic) bond motifs is 1. The summed E-state index contributed by atoms with van der Waals surface area (Å²) in [5.74, 6) is 0.570. The average Bonchev–Trinajstić information content (AvgIpc) is 2.79. The summed E-state index contributed by atoms with van der Waals surface area (Å²) < 4.78 is 78.1. The first kappa shape index (κ1) is 24.3. The largest absolute Gasteiger partial charge is 0.488 e. The van der Waals surface area contributed by atoms with E-state index in [0.29, 0.717) is 17.1 Å². The Morgan fingerprint density at radius 1 is 0.629 bits per heavy atom. The summed E-state index contributed by atoms with van der Waals surface area (Å²) in [4.78, 5) is 0. The Kier molecular flexibility index (Phi) is 6.81. The summed E-state index contributed by atoms with van der Waals surface area (Å²) in [7, 11) is -8.82. The quantitative estimate of drug-likeness (QED) is 0.175. The molecule has 4 rings (SSSR count). The van der Waals surface area contributed by atoms with Crippen molar-refractivity contribution in [3.8, 4) is 23.0 Å². The molecule has 0 radical (unpaired) electrons. The molecule has 0 amide bonds. The first-order valence-corrected chi connectivity index (χ1v) is 13.2. The lowest BCUT2D eigenvalue weighted by molar-refractivity contribution is 0.00496. The van der Waals surface area contributed by atoms with Gasteiger partial charge in [0.25, 0.3) is 6.29 Å². The second-order valence-corrected chi connectivity index (χ2v) is 9.87. The molecule has 1 unspecified atom stereocenters. The first-order chi connectivity index (χ1) is 16.6. The minimum atomic E-state index is -5.15. The van der Waals surface area contributed by atoms with E-state index in [1.807, 2.05) is 42.5 Å². The van der Waals surface area contributed by atoms with Crippen LogP contribution >= 0.6 is 0 Å². The van der Waals surface area contributed by atoms with Gasteiger partial charge in [-0.25, -0.2) is 0 Å². The van der Waals surface area contributed by atoms with E-state index in [1.165, 1.54) is 48.5 Å². The number of halogens is 1. The molecule has 0 saturated carbocycles. The molecule has 0 heterocycles. The second kappa shape index (κ2) is 9.80. The van der Waals surface area contributed by atoms with Crippen LogP contribution in [-0.2, 0) is 20.6 Å². The Morgan fingerprint density at radius 3 is 1.66 bits per heavy atom.